The van der Waals surface area contributed by atoms with Crippen LogP contribution < -0.4 is 14.8 Å². The monoisotopic (exact) mass is 422 g/mol. The van der Waals surface area contributed by atoms with E-state index in [0.717, 1.165) is 16.7 Å². The molecule has 3 aromatic rings. The fourth-order valence-corrected chi connectivity index (χ4v) is 3.47. The molecular formula is C23H19FN2O5. The van der Waals surface area contributed by atoms with Gasteiger partial charge in [-0.25, -0.2) is 14.2 Å². The SMILES string of the molecule is Cc1cc2c(cc1-c1ccc(NC(=O)OCc3ccccc3F)nc1)OC1(COC1)O2. The van der Waals surface area contributed by atoms with E-state index in [9.17, 15) is 9.18 Å². The van der Waals surface area contributed by atoms with Gasteiger partial charge in [0.2, 0.25) is 0 Å². The van der Waals surface area contributed by atoms with Crippen LogP contribution in [-0.2, 0) is 16.1 Å². The zero-order valence-electron chi connectivity index (χ0n) is 16.7. The van der Waals surface area contributed by atoms with E-state index in [1.807, 2.05) is 25.1 Å². The second kappa shape index (κ2) is 7.55. The number of amides is 1. The fraction of sp³-hybridized carbons (Fsp3) is 0.217. The highest BCUT2D eigenvalue weighted by atomic mass is 19.1. The normalized spacial score (nSPS) is 15.4. The van der Waals surface area contributed by atoms with Crippen molar-refractivity contribution in [1.29, 1.82) is 0 Å². The van der Waals surface area contributed by atoms with E-state index < -0.39 is 17.7 Å². The van der Waals surface area contributed by atoms with Crippen molar-refractivity contribution in [3.63, 3.8) is 0 Å². The highest BCUT2D eigenvalue weighted by Gasteiger charge is 2.49. The van der Waals surface area contributed by atoms with Crippen molar-refractivity contribution < 1.29 is 28.1 Å². The van der Waals surface area contributed by atoms with Gasteiger partial charge in [0.1, 0.15) is 31.5 Å². The molecule has 1 fully saturated rings. The van der Waals surface area contributed by atoms with Gasteiger partial charge in [-0.2, -0.15) is 0 Å². The summed E-state index contributed by atoms with van der Waals surface area (Å²) in [5.74, 6) is 0.581. The smallest absolute Gasteiger partial charge is 0.413 e. The number of aromatic nitrogens is 1. The van der Waals surface area contributed by atoms with Gasteiger partial charge in [-0.1, -0.05) is 18.2 Å². The molecule has 31 heavy (non-hydrogen) atoms. The Labute approximate surface area is 177 Å². The minimum Gasteiger partial charge on any atom is -0.444 e. The Balaban J connectivity index is 1.25. The maximum Gasteiger partial charge on any atom is 0.413 e. The Hall–Kier alpha value is -3.65. The van der Waals surface area contributed by atoms with Crippen LogP contribution in [0.25, 0.3) is 11.1 Å². The lowest BCUT2D eigenvalue weighted by molar-refractivity contribution is -0.246. The molecule has 0 radical (unpaired) electrons. The Kier molecular flexibility index (Phi) is 4.71. The number of ether oxygens (including phenoxy) is 4. The number of benzene rings is 2. The Bertz CT molecular complexity index is 1150. The molecule has 0 aliphatic carbocycles. The van der Waals surface area contributed by atoms with Gasteiger partial charge in [-0.05, 0) is 48.4 Å². The van der Waals surface area contributed by atoms with E-state index in [4.69, 9.17) is 18.9 Å². The summed E-state index contributed by atoms with van der Waals surface area (Å²) in [5, 5.41) is 2.54. The maximum absolute atomic E-state index is 13.6. The fourth-order valence-electron chi connectivity index (χ4n) is 3.47. The summed E-state index contributed by atoms with van der Waals surface area (Å²) in [6.07, 6.45) is 0.940. The van der Waals surface area contributed by atoms with E-state index in [0.29, 0.717) is 36.1 Å². The summed E-state index contributed by atoms with van der Waals surface area (Å²) >= 11 is 0. The second-order valence-corrected chi connectivity index (χ2v) is 7.45. The zero-order chi connectivity index (χ0) is 21.4. The predicted octanol–water partition coefficient (Wildman–Crippen LogP) is 4.44. The van der Waals surface area contributed by atoms with E-state index in [1.54, 1.807) is 30.5 Å². The molecule has 7 nitrogen and oxygen atoms in total. The summed E-state index contributed by atoms with van der Waals surface area (Å²) < 4.78 is 35.7. The van der Waals surface area contributed by atoms with Crippen molar-refractivity contribution in [3.05, 3.63) is 71.7 Å². The number of carbonyl (C=O) groups is 1. The molecule has 3 heterocycles. The molecule has 0 bridgehead atoms. The van der Waals surface area contributed by atoms with Crippen LogP contribution in [-0.4, -0.2) is 30.1 Å². The molecule has 1 amide bonds. The number of halogens is 1. The summed E-state index contributed by atoms with van der Waals surface area (Å²) in [5.41, 5.74) is 3.11. The molecule has 2 aliphatic rings. The van der Waals surface area contributed by atoms with Gasteiger partial charge in [-0.15, -0.1) is 0 Å². The number of rotatable bonds is 4. The van der Waals surface area contributed by atoms with Crippen LogP contribution >= 0.6 is 0 Å². The van der Waals surface area contributed by atoms with Crippen molar-refractivity contribution in [2.75, 3.05) is 18.5 Å². The van der Waals surface area contributed by atoms with E-state index in [2.05, 4.69) is 10.3 Å². The molecule has 2 aliphatic heterocycles. The van der Waals surface area contributed by atoms with E-state index in [1.165, 1.54) is 6.07 Å². The largest absolute Gasteiger partial charge is 0.444 e. The van der Waals surface area contributed by atoms with Crippen LogP contribution in [0.5, 0.6) is 11.5 Å². The number of hydrogen-bond acceptors (Lipinski definition) is 6. The van der Waals surface area contributed by atoms with Crippen molar-refractivity contribution in [2.24, 2.45) is 0 Å². The van der Waals surface area contributed by atoms with Crippen LogP contribution in [0, 0.1) is 12.7 Å². The number of hydrogen-bond donors (Lipinski definition) is 1. The van der Waals surface area contributed by atoms with Gasteiger partial charge >= 0.3 is 6.09 Å². The molecule has 1 spiro atoms. The van der Waals surface area contributed by atoms with Crippen LogP contribution in [0.15, 0.2) is 54.7 Å². The Morgan fingerprint density at radius 2 is 1.94 bits per heavy atom. The number of anilines is 1. The van der Waals surface area contributed by atoms with Crippen LogP contribution in [0.2, 0.25) is 0 Å². The number of aryl methyl sites for hydroxylation is 1. The topological polar surface area (TPSA) is 78.9 Å². The first-order valence-corrected chi connectivity index (χ1v) is 9.75. The molecule has 158 valence electrons. The lowest BCUT2D eigenvalue weighted by atomic mass is 10.0. The van der Waals surface area contributed by atoms with Crippen molar-refractivity contribution in [1.82, 2.24) is 4.98 Å². The number of nitrogens with zero attached hydrogens (tertiary/aromatic N) is 1. The molecule has 0 atom stereocenters. The minimum atomic E-state index is -0.712. The second-order valence-electron chi connectivity index (χ2n) is 7.45. The van der Waals surface area contributed by atoms with Crippen LogP contribution in [0.4, 0.5) is 15.0 Å². The molecule has 2 aromatic carbocycles. The van der Waals surface area contributed by atoms with Gasteiger partial charge in [0.05, 0.1) is 0 Å². The molecule has 8 heteroatoms. The first kappa shape index (κ1) is 19.3. The number of pyridine rings is 1. The number of carbonyl (C=O) groups excluding carboxylic acids is 1. The average molecular weight is 422 g/mol. The lowest BCUT2D eigenvalue weighted by Crippen LogP contribution is -2.56. The maximum atomic E-state index is 13.6. The summed E-state index contributed by atoms with van der Waals surface area (Å²) in [7, 11) is 0. The Morgan fingerprint density at radius 3 is 2.61 bits per heavy atom. The van der Waals surface area contributed by atoms with Gasteiger partial charge in [0.15, 0.2) is 11.5 Å². The number of nitrogens with one attached hydrogen (secondary N) is 1. The standard InChI is InChI=1S/C23H19FN2O5/c1-14-8-19-20(31-23(30-19)12-28-13-23)9-17(14)15-6-7-21(25-10-15)26-22(27)29-11-16-4-2-3-5-18(16)24/h2-10H,11-13H2,1H3,(H,25,26,27). The third kappa shape index (κ3) is 3.77. The molecule has 1 N–H and O–H groups in total. The van der Waals surface area contributed by atoms with Gasteiger partial charge in [0, 0.05) is 17.3 Å². The minimum absolute atomic E-state index is 0.167. The van der Waals surface area contributed by atoms with Gasteiger partial charge in [-0.3, -0.25) is 5.32 Å². The van der Waals surface area contributed by atoms with Gasteiger partial charge in [0.25, 0.3) is 5.79 Å². The Morgan fingerprint density at radius 1 is 1.16 bits per heavy atom. The van der Waals surface area contributed by atoms with E-state index in [-0.39, 0.29) is 6.61 Å². The third-order valence-electron chi connectivity index (χ3n) is 5.15. The summed E-state index contributed by atoms with van der Waals surface area (Å²) in [6, 6.07) is 13.5. The van der Waals surface area contributed by atoms with Crippen LogP contribution in [0.1, 0.15) is 11.1 Å². The molecule has 1 saturated heterocycles. The van der Waals surface area contributed by atoms with Gasteiger partial charge < -0.3 is 18.9 Å². The highest BCUT2D eigenvalue weighted by Crippen LogP contribution is 2.45. The van der Waals surface area contributed by atoms with Crippen molar-refractivity contribution in [2.45, 2.75) is 19.3 Å². The first-order valence-electron chi connectivity index (χ1n) is 9.75. The summed E-state index contributed by atoms with van der Waals surface area (Å²) in [6.45, 7) is 2.63. The first-order chi connectivity index (χ1) is 15.0. The quantitative estimate of drug-likeness (QED) is 0.670. The molecular weight excluding hydrogens is 403 g/mol. The number of fused-ring (bicyclic) bond motifs is 1. The predicted molar refractivity (Wildman–Crippen MR) is 109 cm³/mol. The molecule has 5 rings (SSSR count). The highest BCUT2D eigenvalue weighted by molar-refractivity contribution is 5.83. The zero-order valence-corrected chi connectivity index (χ0v) is 16.7. The van der Waals surface area contributed by atoms with Crippen molar-refractivity contribution in [3.8, 4) is 22.6 Å². The molecule has 0 unspecified atom stereocenters. The third-order valence-corrected chi connectivity index (χ3v) is 5.15. The van der Waals surface area contributed by atoms with Crippen LogP contribution in [0.3, 0.4) is 0 Å². The van der Waals surface area contributed by atoms with Crippen molar-refractivity contribution >= 4 is 11.9 Å². The molecule has 0 saturated carbocycles. The van der Waals surface area contributed by atoms with E-state index >= 15 is 0 Å². The average Bonchev–Trinajstić information content (AvgIpc) is 3.13. The lowest BCUT2D eigenvalue weighted by Gasteiger charge is -2.34. The molecule has 1 aromatic heterocycles. The summed E-state index contributed by atoms with van der Waals surface area (Å²) in [4.78, 5) is 16.3.